The molecule has 0 atom stereocenters. The van der Waals surface area contributed by atoms with Crippen LogP contribution in [-0.4, -0.2) is 21.2 Å². The van der Waals surface area contributed by atoms with Gasteiger partial charge in [-0.15, -0.1) is 0 Å². The predicted octanol–water partition coefficient (Wildman–Crippen LogP) is 4.77. The first kappa shape index (κ1) is 17.5. The second-order valence-corrected chi connectivity index (χ2v) is 7.02. The Hall–Kier alpha value is -2.86. The molecule has 0 saturated carbocycles. The molecule has 1 aromatic heterocycles. The maximum absolute atomic E-state index is 10.9. The van der Waals surface area contributed by atoms with Crippen molar-refractivity contribution in [3.05, 3.63) is 80.5 Å². The summed E-state index contributed by atoms with van der Waals surface area (Å²) in [6, 6.07) is 14.3. The molecular formula is C20H19ClN4O2. The number of anilines is 1. The second kappa shape index (κ2) is 7.40. The lowest BCUT2D eigenvalue weighted by Gasteiger charge is -2.09. The van der Waals surface area contributed by atoms with Crippen LogP contribution in [-0.2, 0) is 12.8 Å². The molecule has 1 aliphatic rings. The summed E-state index contributed by atoms with van der Waals surface area (Å²) in [5.41, 5.74) is 4.11. The van der Waals surface area contributed by atoms with Crippen molar-refractivity contribution < 1.29 is 4.92 Å². The Morgan fingerprint density at radius 1 is 1.15 bits per heavy atom. The number of nitrogens with one attached hydrogen (secondary N) is 1. The van der Waals surface area contributed by atoms with Gasteiger partial charge in [0.1, 0.15) is 5.82 Å². The van der Waals surface area contributed by atoms with Crippen molar-refractivity contribution in [3.8, 4) is 5.69 Å². The zero-order valence-electron chi connectivity index (χ0n) is 14.7. The van der Waals surface area contributed by atoms with Crippen molar-refractivity contribution in [1.29, 1.82) is 0 Å². The number of hydrogen-bond acceptors (Lipinski definition) is 4. The topological polar surface area (TPSA) is 73.0 Å². The third-order valence-electron chi connectivity index (χ3n) is 4.83. The second-order valence-electron chi connectivity index (χ2n) is 6.61. The van der Waals surface area contributed by atoms with E-state index in [-0.39, 0.29) is 5.69 Å². The first-order valence-corrected chi connectivity index (χ1v) is 9.34. The van der Waals surface area contributed by atoms with Crippen LogP contribution in [0.25, 0.3) is 5.69 Å². The normalized spacial score (nSPS) is 13.5. The Labute approximate surface area is 161 Å². The van der Waals surface area contributed by atoms with E-state index in [1.165, 1.54) is 17.7 Å². The van der Waals surface area contributed by atoms with E-state index in [1.54, 1.807) is 12.1 Å². The monoisotopic (exact) mass is 382 g/mol. The van der Waals surface area contributed by atoms with Crippen molar-refractivity contribution >= 4 is 23.1 Å². The molecular weight excluding hydrogens is 364 g/mol. The minimum Gasteiger partial charge on any atom is -0.370 e. The van der Waals surface area contributed by atoms with Crippen LogP contribution in [0.3, 0.4) is 0 Å². The molecule has 2 aromatic carbocycles. The maximum atomic E-state index is 10.9. The standard InChI is InChI=1S/C20H19ClN4O2/c21-18-7-2-1-5-14(18)13-19-17-6-3-4-12-22-20(17)24(23-19)15-8-10-16(11-9-15)25(26)27/h1-2,5,7-11,22H,3-4,6,12-13H2. The van der Waals surface area contributed by atoms with E-state index >= 15 is 0 Å². The molecule has 2 heterocycles. The van der Waals surface area contributed by atoms with Crippen LogP contribution in [0.15, 0.2) is 48.5 Å². The lowest BCUT2D eigenvalue weighted by Crippen LogP contribution is -2.07. The number of nitrogens with zero attached hydrogens (tertiary/aromatic N) is 3. The number of rotatable bonds is 4. The van der Waals surface area contributed by atoms with Crippen molar-refractivity contribution in [1.82, 2.24) is 9.78 Å². The molecule has 27 heavy (non-hydrogen) atoms. The average molecular weight is 383 g/mol. The van der Waals surface area contributed by atoms with Gasteiger partial charge in [0.15, 0.2) is 0 Å². The van der Waals surface area contributed by atoms with Gasteiger partial charge in [-0.25, -0.2) is 4.68 Å². The number of aromatic nitrogens is 2. The quantitative estimate of drug-likeness (QED) is 0.521. The van der Waals surface area contributed by atoms with Gasteiger partial charge in [0.05, 0.1) is 16.3 Å². The van der Waals surface area contributed by atoms with Crippen LogP contribution < -0.4 is 5.32 Å². The van der Waals surface area contributed by atoms with Crippen molar-refractivity contribution in [3.63, 3.8) is 0 Å². The summed E-state index contributed by atoms with van der Waals surface area (Å²) >= 11 is 6.35. The SMILES string of the molecule is O=[N+]([O-])c1ccc(-n2nc(Cc3ccccc3Cl)c3c2NCCCC3)cc1. The zero-order chi connectivity index (χ0) is 18.8. The van der Waals surface area contributed by atoms with E-state index in [9.17, 15) is 10.1 Å². The highest BCUT2D eigenvalue weighted by molar-refractivity contribution is 6.31. The minimum absolute atomic E-state index is 0.0706. The molecule has 6 nitrogen and oxygen atoms in total. The fourth-order valence-corrected chi connectivity index (χ4v) is 3.64. The van der Waals surface area contributed by atoms with E-state index in [0.717, 1.165) is 53.6 Å². The van der Waals surface area contributed by atoms with Gasteiger partial charge < -0.3 is 5.32 Å². The van der Waals surface area contributed by atoms with Crippen LogP contribution in [0.5, 0.6) is 0 Å². The Kier molecular flexibility index (Phi) is 4.81. The highest BCUT2D eigenvalue weighted by atomic mass is 35.5. The first-order valence-electron chi connectivity index (χ1n) is 8.96. The largest absolute Gasteiger partial charge is 0.370 e. The van der Waals surface area contributed by atoms with Crippen LogP contribution in [0.4, 0.5) is 11.5 Å². The molecule has 1 N–H and O–H groups in total. The van der Waals surface area contributed by atoms with Gasteiger partial charge in [-0.1, -0.05) is 29.8 Å². The number of nitro groups is 1. The Balaban J connectivity index is 1.77. The Bertz CT molecular complexity index is 982. The van der Waals surface area contributed by atoms with Gasteiger partial charge in [-0.3, -0.25) is 10.1 Å². The van der Waals surface area contributed by atoms with E-state index in [4.69, 9.17) is 16.7 Å². The van der Waals surface area contributed by atoms with Gasteiger partial charge in [-0.2, -0.15) is 5.10 Å². The Morgan fingerprint density at radius 3 is 2.67 bits per heavy atom. The summed E-state index contributed by atoms with van der Waals surface area (Å²) in [5.74, 6) is 0.975. The van der Waals surface area contributed by atoms with Crippen LogP contribution >= 0.6 is 11.6 Å². The summed E-state index contributed by atoms with van der Waals surface area (Å²) in [4.78, 5) is 10.5. The van der Waals surface area contributed by atoms with Crippen molar-refractivity contribution in [2.24, 2.45) is 0 Å². The van der Waals surface area contributed by atoms with Gasteiger partial charge in [-0.05, 0) is 43.0 Å². The maximum Gasteiger partial charge on any atom is 0.269 e. The molecule has 0 radical (unpaired) electrons. The lowest BCUT2D eigenvalue weighted by atomic mass is 10.0. The molecule has 0 unspecified atom stereocenters. The Morgan fingerprint density at radius 2 is 1.93 bits per heavy atom. The van der Waals surface area contributed by atoms with Crippen molar-refractivity contribution in [2.75, 3.05) is 11.9 Å². The number of hydrogen-bond donors (Lipinski definition) is 1. The molecule has 3 aromatic rings. The van der Waals surface area contributed by atoms with E-state index in [1.807, 2.05) is 28.9 Å². The molecule has 0 saturated heterocycles. The van der Waals surface area contributed by atoms with Crippen molar-refractivity contribution in [2.45, 2.75) is 25.7 Å². The van der Waals surface area contributed by atoms with E-state index < -0.39 is 4.92 Å². The fraction of sp³-hybridized carbons (Fsp3) is 0.250. The number of halogens is 1. The third-order valence-corrected chi connectivity index (χ3v) is 5.20. The van der Waals surface area contributed by atoms with Crippen LogP contribution in [0, 0.1) is 10.1 Å². The van der Waals surface area contributed by atoms with Gasteiger partial charge in [0.25, 0.3) is 5.69 Å². The number of fused-ring (bicyclic) bond motifs is 1. The summed E-state index contributed by atoms with van der Waals surface area (Å²) in [6.07, 6.45) is 3.81. The minimum atomic E-state index is -0.394. The molecule has 138 valence electrons. The zero-order valence-corrected chi connectivity index (χ0v) is 15.4. The molecule has 1 aliphatic heterocycles. The fourth-order valence-electron chi connectivity index (χ4n) is 3.44. The van der Waals surface area contributed by atoms with Gasteiger partial charge in [0.2, 0.25) is 0 Å². The van der Waals surface area contributed by atoms with Crippen LogP contribution in [0.1, 0.15) is 29.7 Å². The average Bonchev–Trinajstić information content (AvgIpc) is 2.85. The molecule has 0 aliphatic carbocycles. The third kappa shape index (κ3) is 3.53. The number of benzene rings is 2. The summed E-state index contributed by atoms with van der Waals surface area (Å²) < 4.78 is 1.86. The van der Waals surface area contributed by atoms with E-state index in [0.29, 0.717) is 6.42 Å². The molecule has 7 heteroatoms. The molecule has 0 spiro atoms. The number of nitro benzene ring substituents is 1. The highest BCUT2D eigenvalue weighted by Gasteiger charge is 2.21. The molecule has 0 fully saturated rings. The van der Waals surface area contributed by atoms with E-state index in [2.05, 4.69) is 5.32 Å². The van der Waals surface area contributed by atoms with Gasteiger partial charge in [0, 0.05) is 35.7 Å². The summed E-state index contributed by atoms with van der Waals surface area (Å²) in [7, 11) is 0. The predicted molar refractivity (Wildman–Crippen MR) is 106 cm³/mol. The lowest BCUT2D eigenvalue weighted by molar-refractivity contribution is -0.384. The summed E-state index contributed by atoms with van der Waals surface area (Å²) in [5, 5.41) is 20.0. The summed E-state index contributed by atoms with van der Waals surface area (Å²) in [6.45, 7) is 0.886. The van der Waals surface area contributed by atoms with Crippen LogP contribution in [0.2, 0.25) is 5.02 Å². The molecule has 4 rings (SSSR count). The number of non-ortho nitro benzene ring substituents is 1. The molecule has 0 amide bonds. The smallest absolute Gasteiger partial charge is 0.269 e. The highest BCUT2D eigenvalue weighted by Crippen LogP contribution is 2.31. The van der Waals surface area contributed by atoms with Gasteiger partial charge >= 0.3 is 0 Å². The first-order chi connectivity index (χ1) is 13.1. The molecule has 0 bridgehead atoms.